The Kier molecular flexibility index (Phi) is 4.18. The summed E-state index contributed by atoms with van der Waals surface area (Å²) in [6.07, 6.45) is 2.57. The van der Waals surface area contributed by atoms with Crippen molar-refractivity contribution in [1.29, 1.82) is 0 Å². The number of nitrogens with one attached hydrogen (secondary N) is 1. The van der Waals surface area contributed by atoms with E-state index in [1.54, 1.807) is 0 Å². The molecule has 0 unspecified atom stereocenters. The van der Waals surface area contributed by atoms with Crippen LogP contribution in [0.15, 0.2) is 36.4 Å². The molecule has 1 aliphatic rings. The first-order valence-electron chi connectivity index (χ1n) is 7.39. The maximum atomic E-state index is 6.35. The predicted molar refractivity (Wildman–Crippen MR) is 87.3 cm³/mol. The van der Waals surface area contributed by atoms with Crippen LogP contribution in [0.1, 0.15) is 29.5 Å². The molecule has 2 nitrogen and oxygen atoms in total. The van der Waals surface area contributed by atoms with E-state index >= 15 is 0 Å². The zero-order valence-corrected chi connectivity index (χ0v) is 13.2. The van der Waals surface area contributed by atoms with Gasteiger partial charge in [-0.3, -0.25) is 0 Å². The van der Waals surface area contributed by atoms with Crippen LogP contribution in [0.4, 0.5) is 0 Å². The average Bonchev–Trinajstić information content (AvgIpc) is 3.27. The maximum Gasteiger partial charge on any atom is 0.130 e. The van der Waals surface area contributed by atoms with Gasteiger partial charge in [0.05, 0.1) is 0 Å². The molecular formula is C18H20ClNO. The van der Waals surface area contributed by atoms with Crippen LogP contribution in [0.5, 0.6) is 11.5 Å². The fourth-order valence-electron chi connectivity index (χ4n) is 2.24. The molecule has 0 aromatic heterocycles. The van der Waals surface area contributed by atoms with E-state index in [1.165, 1.54) is 18.4 Å². The molecule has 0 radical (unpaired) electrons. The number of ether oxygens (including phenoxy) is 1. The van der Waals surface area contributed by atoms with Gasteiger partial charge >= 0.3 is 0 Å². The number of hydrogen-bond donors (Lipinski definition) is 1. The van der Waals surface area contributed by atoms with Crippen molar-refractivity contribution in [3.8, 4) is 11.5 Å². The van der Waals surface area contributed by atoms with Crippen molar-refractivity contribution in [2.75, 3.05) is 0 Å². The van der Waals surface area contributed by atoms with Crippen LogP contribution < -0.4 is 10.1 Å². The van der Waals surface area contributed by atoms with Crippen LogP contribution in [-0.2, 0) is 6.54 Å². The summed E-state index contributed by atoms with van der Waals surface area (Å²) in [7, 11) is 0. The van der Waals surface area contributed by atoms with Crippen LogP contribution in [0.2, 0.25) is 5.02 Å². The molecule has 0 atom stereocenters. The zero-order valence-electron chi connectivity index (χ0n) is 12.4. The van der Waals surface area contributed by atoms with Crippen LogP contribution in [-0.4, -0.2) is 6.04 Å². The molecule has 1 N–H and O–H groups in total. The lowest BCUT2D eigenvalue weighted by Gasteiger charge is -2.12. The van der Waals surface area contributed by atoms with Gasteiger partial charge in [0.2, 0.25) is 0 Å². The minimum atomic E-state index is 0.687. The van der Waals surface area contributed by atoms with Crippen molar-refractivity contribution < 1.29 is 4.74 Å². The highest BCUT2D eigenvalue weighted by Crippen LogP contribution is 2.30. The van der Waals surface area contributed by atoms with Gasteiger partial charge in [-0.05, 0) is 61.6 Å². The fourth-order valence-corrected chi connectivity index (χ4v) is 2.48. The van der Waals surface area contributed by atoms with E-state index in [0.29, 0.717) is 6.04 Å². The smallest absolute Gasteiger partial charge is 0.130 e. The van der Waals surface area contributed by atoms with Crippen molar-refractivity contribution in [3.05, 3.63) is 58.1 Å². The minimum absolute atomic E-state index is 0.687. The maximum absolute atomic E-state index is 6.35. The Morgan fingerprint density at radius 1 is 1.19 bits per heavy atom. The highest BCUT2D eigenvalue weighted by atomic mass is 35.5. The van der Waals surface area contributed by atoms with Gasteiger partial charge in [-0.1, -0.05) is 29.8 Å². The molecule has 1 fully saturated rings. The highest BCUT2D eigenvalue weighted by Gasteiger charge is 2.20. The molecule has 0 spiro atoms. The van der Waals surface area contributed by atoms with E-state index in [0.717, 1.165) is 34.2 Å². The second-order valence-electron chi connectivity index (χ2n) is 5.71. The van der Waals surface area contributed by atoms with Gasteiger partial charge in [0.15, 0.2) is 0 Å². The lowest BCUT2D eigenvalue weighted by Crippen LogP contribution is -2.15. The Morgan fingerprint density at radius 3 is 2.71 bits per heavy atom. The molecule has 0 heterocycles. The fraction of sp³-hybridized carbons (Fsp3) is 0.333. The van der Waals surface area contributed by atoms with Crippen molar-refractivity contribution in [1.82, 2.24) is 5.32 Å². The van der Waals surface area contributed by atoms with E-state index in [-0.39, 0.29) is 0 Å². The quantitative estimate of drug-likeness (QED) is 0.839. The summed E-state index contributed by atoms with van der Waals surface area (Å²) in [5, 5.41) is 4.23. The summed E-state index contributed by atoms with van der Waals surface area (Å²) in [4.78, 5) is 0. The van der Waals surface area contributed by atoms with Gasteiger partial charge < -0.3 is 10.1 Å². The van der Waals surface area contributed by atoms with Crippen molar-refractivity contribution >= 4 is 11.6 Å². The molecule has 3 rings (SSSR count). The molecule has 2 aromatic rings. The largest absolute Gasteiger partial charge is 0.457 e. The van der Waals surface area contributed by atoms with Crippen LogP contribution in [0.3, 0.4) is 0 Å². The second kappa shape index (κ2) is 6.08. The molecule has 1 aliphatic carbocycles. The summed E-state index contributed by atoms with van der Waals surface area (Å²) in [5.74, 6) is 1.67. The number of benzene rings is 2. The summed E-state index contributed by atoms with van der Waals surface area (Å²) in [5.41, 5.74) is 3.51. The summed E-state index contributed by atoms with van der Waals surface area (Å²) < 4.78 is 5.96. The number of halogens is 1. The van der Waals surface area contributed by atoms with Crippen LogP contribution >= 0.6 is 11.6 Å². The first-order valence-corrected chi connectivity index (χ1v) is 7.77. The van der Waals surface area contributed by atoms with Crippen LogP contribution in [0, 0.1) is 13.8 Å². The number of hydrogen-bond acceptors (Lipinski definition) is 2. The predicted octanol–water partition coefficient (Wildman–Crippen LogP) is 5.00. The molecule has 2 aromatic carbocycles. The SMILES string of the molecule is Cc1cccc(Oc2ccc(CNC3CC3)c(Cl)c2)c1C. The lowest BCUT2D eigenvalue weighted by molar-refractivity contribution is 0.478. The third-order valence-corrected chi connectivity index (χ3v) is 4.32. The van der Waals surface area contributed by atoms with E-state index in [1.807, 2.05) is 30.3 Å². The van der Waals surface area contributed by atoms with E-state index in [9.17, 15) is 0 Å². The van der Waals surface area contributed by atoms with Gasteiger partial charge in [0, 0.05) is 17.6 Å². The molecule has 0 bridgehead atoms. The second-order valence-corrected chi connectivity index (χ2v) is 6.12. The lowest BCUT2D eigenvalue weighted by atomic mass is 10.1. The number of aryl methyl sites for hydroxylation is 1. The van der Waals surface area contributed by atoms with E-state index in [4.69, 9.17) is 16.3 Å². The number of rotatable bonds is 5. The monoisotopic (exact) mass is 301 g/mol. The first-order chi connectivity index (χ1) is 10.1. The van der Waals surface area contributed by atoms with Crippen molar-refractivity contribution in [2.24, 2.45) is 0 Å². The summed E-state index contributed by atoms with van der Waals surface area (Å²) >= 11 is 6.35. The normalized spacial score (nSPS) is 14.2. The molecule has 3 heteroatoms. The first kappa shape index (κ1) is 14.4. The molecule has 0 amide bonds. The van der Waals surface area contributed by atoms with Gasteiger partial charge in [-0.2, -0.15) is 0 Å². The molecule has 0 saturated heterocycles. The summed E-state index contributed by atoms with van der Waals surface area (Å²) in [6.45, 7) is 4.98. The molecule has 110 valence electrons. The Balaban J connectivity index is 1.73. The zero-order chi connectivity index (χ0) is 14.8. The Morgan fingerprint density at radius 2 is 2.00 bits per heavy atom. The molecule has 21 heavy (non-hydrogen) atoms. The highest BCUT2D eigenvalue weighted by molar-refractivity contribution is 6.31. The Hall–Kier alpha value is -1.51. The van der Waals surface area contributed by atoms with Crippen molar-refractivity contribution in [2.45, 2.75) is 39.3 Å². The third kappa shape index (κ3) is 3.58. The van der Waals surface area contributed by atoms with Gasteiger partial charge in [0.1, 0.15) is 11.5 Å². The summed E-state index contributed by atoms with van der Waals surface area (Å²) in [6, 6.07) is 12.7. The Labute approximate surface area is 131 Å². The molecule has 0 aliphatic heterocycles. The molecule has 1 saturated carbocycles. The molecular weight excluding hydrogens is 282 g/mol. The topological polar surface area (TPSA) is 21.3 Å². The van der Waals surface area contributed by atoms with Crippen molar-refractivity contribution in [3.63, 3.8) is 0 Å². The average molecular weight is 302 g/mol. The van der Waals surface area contributed by atoms with Gasteiger partial charge in [-0.15, -0.1) is 0 Å². The minimum Gasteiger partial charge on any atom is -0.457 e. The third-order valence-electron chi connectivity index (χ3n) is 3.97. The van der Waals surface area contributed by atoms with Gasteiger partial charge in [-0.25, -0.2) is 0 Å². The van der Waals surface area contributed by atoms with Gasteiger partial charge in [0.25, 0.3) is 0 Å². The van der Waals surface area contributed by atoms with E-state index < -0.39 is 0 Å². The standard InChI is InChI=1S/C18H20ClNO/c1-12-4-3-5-18(13(12)2)21-16-9-6-14(17(19)10-16)11-20-15-7-8-15/h3-6,9-10,15,20H,7-8,11H2,1-2H3. The van der Waals surface area contributed by atoms with Crippen LogP contribution in [0.25, 0.3) is 0 Å². The Bertz CT molecular complexity index is 650. The van der Waals surface area contributed by atoms with E-state index in [2.05, 4.69) is 25.2 Å².